The standard InChI is InChI=1S/C9H22NO3P/c1-8(2,3)10(11)12-7-14-13-9(4,5)6/h10,14H,7H2,1-6H3. The number of quaternary nitrogens is 1. The van der Waals surface area contributed by atoms with Crippen LogP contribution in [-0.2, 0) is 9.36 Å². The van der Waals surface area contributed by atoms with Gasteiger partial charge in [-0.05, 0) is 41.5 Å². The summed E-state index contributed by atoms with van der Waals surface area (Å²) in [6, 6.07) is 0. The molecule has 0 aromatic rings. The Hall–Kier alpha value is 0.270. The van der Waals surface area contributed by atoms with E-state index in [0.717, 1.165) is 0 Å². The van der Waals surface area contributed by atoms with Crippen LogP contribution in [-0.4, -0.2) is 17.5 Å². The van der Waals surface area contributed by atoms with Gasteiger partial charge in [-0.1, -0.05) is 0 Å². The minimum Gasteiger partial charge on any atom is -0.599 e. The lowest BCUT2D eigenvalue weighted by atomic mass is 10.1. The number of rotatable bonds is 4. The van der Waals surface area contributed by atoms with Crippen LogP contribution >= 0.6 is 8.81 Å². The van der Waals surface area contributed by atoms with Gasteiger partial charge >= 0.3 is 0 Å². The Morgan fingerprint density at radius 3 is 2.00 bits per heavy atom. The Morgan fingerprint density at radius 2 is 1.64 bits per heavy atom. The molecule has 0 saturated heterocycles. The summed E-state index contributed by atoms with van der Waals surface area (Å²) in [5.74, 6) is 0. The molecule has 0 fully saturated rings. The molecule has 0 heterocycles. The molecule has 0 radical (unpaired) electrons. The third kappa shape index (κ3) is 7.65. The van der Waals surface area contributed by atoms with Gasteiger partial charge < -0.3 is 9.73 Å². The molecular weight excluding hydrogens is 201 g/mol. The summed E-state index contributed by atoms with van der Waals surface area (Å²) in [7, 11) is 0.212. The summed E-state index contributed by atoms with van der Waals surface area (Å²) < 4.78 is 5.44. The molecule has 0 aromatic heterocycles. The zero-order valence-corrected chi connectivity index (χ0v) is 10.9. The molecule has 0 bridgehead atoms. The molecule has 0 aromatic carbocycles. The zero-order valence-electron chi connectivity index (χ0n) is 9.93. The highest BCUT2D eigenvalue weighted by molar-refractivity contribution is 7.32. The molecule has 0 aliphatic carbocycles. The Morgan fingerprint density at radius 1 is 1.14 bits per heavy atom. The van der Waals surface area contributed by atoms with E-state index in [1.165, 1.54) is 0 Å². The van der Waals surface area contributed by atoms with E-state index in [2.05, 4.69) is 0 Å². The van der Waals surface area contributed by atoms with Crippen LogP contribution in [0.5, 0.6) is 0 Å². The minimum absolute atomic E-state index is 0.160. The van der Waals surface area contributed by atoms with E-state index in [9.17, 15) is 5.21 Å². The molecule has 2 atom stereocenters. The summed E-state index contributed by atoms with van der Waals surface area (Å²) >= 11 is 0. The normalized spacial score (nSPS) is 16.5. The van der Waals surface area contributed by atoms with E-state index < -0.39 is 5.54 Å². The van der Waals surface area contributed by atoms with Crippen LogP contribution in [0.15, 0.2) is 0 Å². The van der Waals surface area contributed by atoms with Gasteiger partial charge in [-0.3, -0.25) is 0 Å². The van der Waals surface area contributed by atoms with Gasteiger partial charge in [0.15, 0.2) is 0 Å². The van der Waals surface area contributed by atoms with Crippen molar-refractivity contribution in [2.24, 2.45) is 0 Å². The van der Waals surface area contributed by atoms with E-state index in [0.29, 0.717) is 6.35 Å². The van der Waals surface area contributed by atoms with E-state index in [1.54, 1.807) is 0 Å². The highest BCUT2D eigenvalue weighted by atomic mass is 31.1. The van der Waals surface area contributed by atoms with Crippen molar-refractivity contribution in [2.45, 2.75) is 52.7 Å². The maximum atomic E-state index is 11.3. The monoisotopic (exact) mass is 223 g/mol. The van der Waals surface area contributed by atoms with Crippen molar-refractivity contribution in [1.82, 2.24) is 0 Å². The van der Waals surface area contributed by atoms with Crippen molar-refractivity contribution in [3.63, 3.8) is 0 Å². The van der Waals surface area contributed by atoms with Crippen molar-refractivity contribution in [2.75, 3.05) is 6.35 Å². The molecule has 0 aliphatic rings. The Kier molecular flexibility index (Phi) is 5.48. The maximum absolute atomic E-state index is 11.3. The van der Waals surface area contributed by atoms with Crippen LogP contribution in [0.1, 0.15) is 41.5 Å². The van der Waals surface area contributed by atoms with Crippen molar-refractivity contribution in [3.05, 3.63) is 5.21 Å². The van der Waals surface area contributed by atoms with Crippen molar-refractivity contribution < 1.29 is 14.6 Å². The summed E-state index contributed by atoms with van der Waals surface area (Å²) in [6.07, 6.45) is 0.355. The summed E-state index contributed by atoms with van der Waals surface area (Å²) in [5, 5.41) is 11.1. The average Bonchev–Trinajstić information content (AvgIpc) is 1.93. The number of nitrogens with one attached hydrogen (secondary N) is 1. The van der Waals surface area contributed by atoms with Gasteiger partial charge in [-0.15, -0.1) is 0 Å². The molecule has 0 spiro atoms. The predicted molar refractivity (Wildman–Crippen MR) is 59.2 cm³/mol. The molecule has 2 unspecified atom stereocenters. The van der Waals surface area contributed by atoms with Crippen LogP contribution in [0.25, 0.3) is 0 Å². The summed E-state index contributed by atoms with van der Waals surface area (Å²) in [5.41, 5.74) is -0.585. The Bertz CT molecular complexity index is 162. The number of hydrogen-bond acceptors (Lipinski definition) is 3. The molecule has 5 heteroatoms. The first-order valence-corrected chi connectivity index (χ1v) is 5.82. The van der Waals surface area contributed by atoms with Crippen LogP contribution in [0.2, 0.25) is 0 Å². The van der Waals surface area contributed by atoms with Crippen molar-refractivity contribution in [1.29, 1.82) is 0 Å². The first-order valence-electron chi connectivity index (χ1n) is 4.71. The highest BCUT2D eigenvalue weighted by Gasteiger charge is 2.19. The highest BCUT2D eigenvalue weighted by Crippen LogP contribution is 2.21. The van der Waals surface area contributed by atoms with Crippen molar-refractivity contribution >= 4 is 8.81 Å². The fraction of sp³-hybridized carbons (Fsp3) is 1.00. The molecule has 1 N–H and O–H groups in total. The molecular formula is C9H22NO3P. The first-order chi connectivity index (χ1) is 6.13. The predicted octanol–water partition coefficient (Wildman–Crippen LogP) is 1.47. The second-order valence-electron chi connectivity index (χ2n) is 5.18. The average molecular weight is 223 g/mol. The lowest BCUT2D eigenvalue weighted by molar-refractivity contribution is -1.09. The quantitative estimate of drug-likeness (QED) is 0.446. The fourth-order valence-electron chi connectivity index (χ4n) is 0.557. The van der Waals surface area contributed by atoms with E-state index >= 15 is 0 Å². The van der Waals surface area contributed by atoms with Gasteiger partial charge in [-0.2, -0.15) is 4.84 Å². The Labute approximate surface area is 88.3 Å². The zero-order chi connectivity index (χ0) is 11.4. The van der Waals surface area contributed by atoms with Crippen LogP contribution in [0.3, 0.4) is 0 Å². The SMILES string of the molecule is CC(C)(C)OPCO[NH+]([O-])C(C)(C)C. The molecule has 86 valence electrons. The minimum atomic E-state index is -0.424. The van der Waals surface area contributed by atoms with Gasteiger partial charge in [0.05, 0.1) is 5.60 Å². The lowest BCUT2D eigenvalue weighted by Gasteiger charge is -2.32. The largest absolute Gasteiger partial charge is 0.599 e. The smallest absolute Gasteiger partial charge is 0.148 e. The first kappa shape index (κ1) is 14.3. The van der Waals surface area contributed by atoms with Crippen LogP contribution in [0, 0.1) is 5.21 Å². The van der Waals surface area contributed by atoms with Crippen LogP contribution < -0.4 is 5.23 Å². The number of hydrogen-bond donors (Lipinski definition) is 1. The third-order valence-electron chi connectivity index (χ3n) is 1.25. The van der Waals surface area contributed by atoms with Gasteiger partial charge in [0.2, 0.25) is 0 Å². The fourth-order valence-corrected chi connectivity index (χ4v) is 1.24. The second-order valence-corrected chi connectivity index (χ2v) is 5.97. The topological polar surface area (TPSA) is 46.0 Å². The van der Waals surface area contributed by atoms with Gasteiger partial charge in [0.1, 0.15) is 11.9 Å². The number of hydroxylamine groups is 2. The lowest BCUT2D eigenvalue weighted by Crippen LogP contribution is -3.13. The van der Waals surface area contributed by atoms with Gasteiger partial charge in [0.25, 0.3) is 0 Å². The summed E-state index contributed by atoms with van der Waals surface area (Å²) in [6.45, 7) is 11.4. The van der Waals surface area contributed by atoms with E-state index in [-0.39, 0.29) is 19.6 Å². The molecule has 0 amide bonds. The van der Waals surface area contributed by atoms with Gasteiger partial charge in [-0.25, -0.2) is 5.23 Å². The maximum Gasteiger partial charge on any atom is 0.148 e. The van der Waals surface area contributed by atoms with Gasteiger partial charge in [0, 0.05) is 8.81 Å². The van der Waals surface area contributed by atoms with Crippen molar-refractivity contribution in [3.8, 4) is 0 Å². The molecule has 0 aliphatic heterocycles. The van der Waals surface area contributed by atoms with E-state index in [4.69, 9.17) is 9.36 Å². The molecule has 14 heavy (non-hydrogen) atoms. The molecule has 0 rings (SSSR count). The molecule has 0 saturated carbocycles. The second kappa shape index (κ2) is 5.38. The Balaban J connectivity index is 3.56. The van der Waals surface area contributed by atoms with E-state index in [1.807, 2.05) is 41.5 Å². The third-order valence-corrected chi connectivity index (χ3v) is 2.27. The van der Waals surface area contributed by atoms with Crippen LogP contribution in [0.4, 0.5) is 0 Å². The molecule has 4 nitrogen and oxygen atoms in total. The summed E-state index contributed by atoms with van der Waals surface area (Å²) in [4.78, 5) is 5.05.